The number of hydrogen-bond donors (Lipinski definition) is 0. The minimum atomic E-state index is -0.437. The minimum absolute atomic E-state index is 0.0414. The van der Waals surface area contributed by atoms with Crippen LogP contribution in [-0.4, -0.2) is 25.2 Å². The van der Waals surface area contributed by atoms with Crippen molar-refractivity contribution in [2.75, 3.05) is 7.11 Å². The van der Waals surface area contributed by atoms with E-state index < -0.39 is 5.97 Å². The zero-order chi connectivity index (χ0) is 19.1. The van der Waals surface area contributed by atoms with E-state index in [2.05, 4.69) is 20.8 Å². The summed E-state index contributed by atoms with van der Waals surface area (Å²) < 4.78 is 16.3. The Morgan fingerprint density at radius 1 is 1.23 bits per heavy atom. The van der Waals surface area contributed by atoms with Gasteiger partial charge in [0, 0.05) is 12.3 Å². The molecule has 1 aromatic carbocycles. The van der Waals surface area contributed by atoms with E-state index in [1.165, 1.54) is 20.5 Å². The van der Waals surface area contributed by atoms with Crippen LogP contribution in [0.15, 0.2) is 18.2 Å². The van der Waals surface area contributed by atoms with E-state index >= 15 is 0 Å². The molecule has 0 saturated heterocycles. The predicted molar refractivity (Wildman–Crippen MR) is 97.3 cm³/mol. The van der Waals surface area contributed by atoms with Gasteiger partial charge in [0.25, 0.3) is 0 Å². The van der Waals surface area contributed by atoms with Gasteiger partial charge in [-0.25, -0.2) is 4.79 Å². The highest BCUT2D eigenvalue weighted by molar-refractivity contribution is 5.90. The van der Waals surface area contributed by atoms with Gasteiger partial charge in [-0.05, 0) is 55.2 Å². The molecular weight excluding hydrogens is 332 g/mol. The standard InChI is InChI=1S/C21H28O5/c1-12(2)19-14-8-9-21(19,4)18(11-14)26-20(23)15-6-7-16(25-13(3)22)17(10-15)24-5/h6-7,10,12,14,18-19H,8-9,11H2,1-5H3. The van der Waals surface area contributed by atoms with Crippen molar-refractivity contribution >= 4 is 11.9 Å². The Hall–Kier alpha value is -2.04. The van der Waals surface area contributed by atoms with Crippen molar-refractivity contribution < 1.29 is 23.8 Å². The molecule has 3 rings (SSSR count). The summed E-state index contributed by atoms with van der Waals surface area (Å²) in [5.41, 5.74) is 0.473. The highest BCUT2D eigenvalue weighted by atomic mass is 16.6. The molecule has 2 aliphatic rings. The van der Waals surface area contributed by atoms with Crippen LogP contribution >= 0.6 is 0 Å². The third-order valence-corrected chi connectivity index (χ3v) is 6.20. The zero-order valence-corrected chi connectivity index (χ0v) is 16.2. The van der Waals surface area contributed by atoms with Gasteiger partial charge in [0.05, 0.1) is 12.7 Å². The summed E-state index contributed by atoms with van der Waals surface area (Å²) >= 11 is 0. The molecule has 4 atom stereocenters. The van der Waals surface area contributed by atoms with Crippen molar-refractivity contribution in [1.29, 1.82) is 0 Å². The van der Waals surface area contributed by atoms with Crippen LogP contribution in [0.2, 0.25) is 0 Å². The van der Waals surface area contributed by atoms with Crippen molar-refractivity contribution in [3.05, 3.63) is 23.8 Å². The number of carbonyl (C=O) groups excluding carboxylic acids is 2. The normalized spacial score (nSPS) is 29.7. The lowest BCUT2D eigenvalue weighted by Crippen LogP contribution is -2.36. The van der Waals surface area contributed by atoms with Gasteiger partial charge in [-0.2, -0.15) is 0 Å². The summed E-state index contributed by atoms with van der Waals surface area (Å²) in [6.07, 6.45) is 3.26. The van der Waals surface area contributed by atoms with Crippen molar-refractivity contribution in [2.45, 2.75) is 53.1 Å². The maximum atomic E-state index is 12.7. The minimum Gasteiger partial charge on any atom is -0.493 e. The van der Waals surface area contributed by atoms with Crippen LogP contribution in [0.25, 0.3) is 0 Å². The molecule has 0 aliphatic heterocycles. The Labute approximate surface area is 155 Å². The second-order valence-electron chi connectivity index (χ2n) is 8.16. The topological polar surface area (TPSA) is 61.8 Å². The largest absolute Gasteiger partial charge is 0.493 e. The maximum absolute atomic E-state index is 12.7. The molecule has 1 aromatic rings. The zero-order valence-electron chi connectivity index (χ0n) is 16.2. The van der Waals surface area contributed by atoms with E-state index in [1.54, 1.807) is 18.2 Å². The lowest BCUT2D eigenvalue weighted by molar-refractivity contribution is -0.132. The SMILES string of the molecule is COc1cc(C(=O)OC2CC3CCC2(C)C3C(C)C)ccc1OC(C)=O. The predicted octanol–water partition coefficient (Wildman–Crippen LogP) is 4.24. The fraction of sp³-hybridized carbons (Fsp3) is 0.619. The molecule has 26 heavy (non-hydrogen) atoms. The number of methoxy groups -OCH3 is 1. The summed E-state index contributed by atoms with van der Waals surface area (Å²) in [7, 11) is 1.47. The molecule has 4 unspecified atom stereocenters. The summed E-state index contributed by atoms with van der Waals surface area (Å²) in [6, 6.07) is 4.74. The summed E-state index contributed by atoms with van der Waals surface area (Å²) in [4.78, 5) is 23.9. The van der Waals surface area contributed by atoms with Gasteiger partial charge in [0.2, 0.25) is 0 Å². The Bertz CT molecular complexity index is 710. The highest BCUT2D eigenvalue weighted by Gasteiger charge is 2.58. The molecule has 0 N–H and O–H groups in total. The molecule has 5 heteroatoms. The van der Waals surface area contributed by atoms with Crippen LogP contribution in [0.5, 0.6) is 11.5 Å². The Morgan fingerprint density at radius 3 is 2.54 bits per heavy atom. The highest BCUT2D eigenvalue weighted by Crippen LogP contribution is 2.61. The summed E-state index contributed by atoms with van der Waals surface area (Å²) in [5, 5.41) is 0. The van der Waals surface area contributed by atoms with E-state index in [1.807, 2.05) is 0 Å². The van der Waals surface area contributed by atoms with E-state index in [9.17, 15) is 9.59 Å². The quantitative estimate of drug-likeness (QED) is 0.581. The smallest absolute Gasteiger partial charge is 0.338 e. The second kappa shape index (κ2) is 6.93. The molecular formula is C21H28O5. The second-order valence-corrected chi connectivity index (χ2v) is 8.16. The molecule has 0 radical (unpaired) electrons. The molecule has 142 valence electrons. The van der Waals surface area contributed by atoms with Gasteiger partial charge in [-0.3, -0.25) is 4.79 Å². The van der Waals surface area contributed by atoms with Crippen LogP contribution in [-0.2, 0) is 9.53 Å². The van der Waals surface area contributed by atoms with Crippen molar-refractivity contribution in [2.24, 2.45) is 23.2 Å². The number of esters is 2. The molecule has 2 fully saturated rings. The third kappa shape index (κ3) is 3.19. The van der Waals surface area contributed by atoms with Gasteiger partial charge in [-0.15, -0.1) is 0 Å². The number of ether oxygens (including phenoxy) is 3. The van der Waals surface area contributed by atoms with Crippen LogP contribution in [0.1, 0.15) is 57.3 Å². The number of hydrogen-bond acceptors (Lipinski definition) is 5. The van der Waals surface area contributed by atoms with Crippen LogP contribution < -0.4 is 9.47 Å². The molecule has 2 saturated carbocycles. The average molecular weight is 360 g/mol. The third-order valence-electron chi connectivity index (χ3n) is 6.20. The summed E-state index contributed by atoms with van der Waals surface area (Å²) in [6.45, 7) is 8.13. The van der Waals surface area contributed by atoms with Gasteiger partial charge in [-0.1, -0.05) is 20.8 Å². The summed E-state index contributed by atoms with van der Waals surface area (Å²) in [5.74, 6) is 1.71. The fourth-order valence-corrected chi connectivity index (χ4v) is 5.28. The van der Waals surface area contributed by atoms with Crippen LogP contribution in [0.4, 0.5) is 0 Å². The van der Waals surface area contributed by atoms with Crippen molar-refractivity contribution in [3.8, 4) is 11.5 Å². The van der Waals surface area contributed by atoms with E-state index in [0.717, 1.165) is 12.8 Å². The van der Waals surface area contributed by atoms with Gasteiger partial charge < -0.3 is 14.2 Å². The molecule has 0 aromatic heterocycles. The Morgan fingerprint density at radius 2 is 1.96 bits per heavy atom. The lowest BCUT2D eigenvalue weighted by atomic mass is 9.74. The first-order chi connectivity index (χ1) is 12.3. The molecule has 0 spiro atoms. The Kier molecular flexibility index (Phi) is 5.00. The average Bonchev–Trinajstić information content (AvgIpc) is 3.04. The Balaban J connectivity index is 1.76. The number of benzene rings is 1. The number of rotatable bonds is 5. The molecule has 0 heterocycles. The van der Waals surface area contributed by atoms with Gasteiger partial charge in [0.15, 0.2) is 11.5 Å². The van der Waals surface area contributed by atoms with Crippen LogP contribution in [0, 0.1) is 23.2 Å². The van der Waals surface area contributed by atoms with E-state index in [0.29, 0.717) is 34.8 Å². The first kappa shape index (κ1) is 18.7. The first-order valence-corrected chi connectivity index (χ1v) is 9.33. The maximum Gasteiger partial charge on any atom is 0.338 e. The fourth-order valence-electron chi connectivity index (χ4n) is 5.28. The van der Waals surface area contributed by atoms with Gasteiger partial charge >= 0.3 is 11.9 Å². The number of fused-ring (bicyclic) bond motifs is 2. The van der Waals surface area contributed by atoms with E-state index in [4.69, 9.17) is 14.2 Å². The van der Waals surface area contributed by atoms with Crippen LogP contribution in [0.3, 0.4) is 0 Å². The van der Waals surface area contributed by atoms with E-state index in [-0.39, 0.29) is 17.5 Å². The van der Waals surface area contributed by atoms with Crippen molar-refractivity contribution in [1.82, 2.24) is 0 Å². The molecule has 2 aliphatic carbocycles. The molecule has 2 bridgehead atoms. The molecule has 0 amide bonds. The monoisotopic (exact) mass is 360 g/mol. The van der Waals surface area contributed by atoms with Gasteiger partial charge in [0.1, 0.15) is 6.10 Å². The number of carbonyl (C=O) groups is 2. The van der Waals surface area contributed by atoms with Crippen molar-refractivity contribution in [3.63, 3.8) is 0 Å². The molecule has 5 nitrogen and oxygen atoms in total. The first-order valence-electron chi connectivity index (χ1n) is 9.33. The lowest BCUT2D eigenvalue weighted by Gasteiger charge is -2.35.